The van der Waals surface area contributed by atoms with Crippen LogP contribution in [0.1, 0.15) is 24.9 Å². The molecule has 1 aromatic heterocycles. The van der Waals surface area contributed by atoms with E-state index in [0.29, 0.717) is 0 Å². The number of pyridine rings is 1. The first-order valence-corrected chi connectivity index (χ1v) is 7.71. The lowest BCUT2D eigenvalue weighted by Crippen LogP contribution is -2.38. The van der Waals surface area contributed by atoms with Crippen LogP contribution in [0.4, 0.5) is 17.1 Å². The van der Waals surface area contributed by atoms with Crippen LogP contribution in [0.15, 0.2) is 63.0 Å². The van der Waals surface area contributed by atoms with Crippen molar-refractivity contribution in [1.82, 2.24) is 4.98 Å². The molecule has 0 bridgehead atoms. The van der Waals surface area contributed by atoms with Gasteiger partial charge in [0.1, 0.15) is 17.1 Å². The van der Waals surface area contributed by atoms with Crippen molar-refractivity contribution in [2.45, 2.75) is 19.4 Å². The topological polar surface area (TPSA) is 91.1 Å². The summed E-state index contributed by atoms with van der Waals surface area (Å²) >= 11 is 0. The van der Waals surface area contributed by atoms with E-state index in [1.54, 1.807) is 12.1 Å². The van der Waals surface area contributed by atoms with E-state index in [-0.39, 0.29) is 28.7 Å². The largest absolute Gasteiger partial charge is 0.373 e. The number of nitrogens with one attached hydrogen (secondary N) is 3. The van der Waals surface area contributed by atoms with Crippen LogP contribution in [-0.4, -0.2) is 4.98 Å². The van der Waals surface area contributed by atoms with Gasteiger partial charge < -0.3 is 15.6 Å². The first kappa shape index (κ1) is 15.7. The van der Waals surface area contributed by atoms with Gasteiger partial charge in [-0.15, -0.1) is 0 Å². The first-order valence-electron chi connectivity index (χ1n) is 7.71. The molecule has 1 atom stereocenters. The highest BCUT2D eigenvalue weighted by atomic mass is 16.2. The van der Waals surface area contributed by atoms with Gasteiger partial charge in [-0.2, -0.15) is 0 Å². The first-order chi connectivity index (χ1) is 11.6. The quantitative estimate of drug-likeness (QED) is 0.605. The van der Waals surface area contributed by atoms with Gasteiger partial charge in [-0.1, -0.05) is 37.3 Å². The number of hydrogen-bond donors (Lipinski definition) is 3. The zero-order valence-electron chi connectivity index (χ0n) is 13.1. The summed E-state index contributed by atoms with van der Waals surface area (Å²) in [5.74, 6) is 0. The fourth-order valence-corrected chi connectivity index (χ4v) is 2.58. The van der Waals surface area contributed by atoms with Crippen molar-refractivity contribution < 1.29 is 0 Å². The van der Waals surface area contributed by atoms with Gasteiger partial charge in [0.05, 0.1) is 6.04 Å². The van der Waals surface area contributed by atoms with E-state index in [1.807, 2.05) is 37.3 Å². The Hall–Kier alpha value is -3.15. The highest BCUT2D eigenvalue weighted by Gasteiger charge is 2.24. The summed E-state index contributed by atoms with van der Waals surface area (Å²) in [6.07, 6.45) is 2.24. The van der Waals surface area contributed by atoms with E-state index < -0.39 is 10.9 Å². The Morgan fingerprint density at radius 3 is 2.33 bits per heavy atom. The SMILES string of the molecule is CC[C@@H](Nc1c(Nc2ccc[nH]c2=O)c(=O)c1=O)c1ccccc1. The van der Waals surface area contributed by atoms with Gasteiger partial charge in [0.2, 0.25) is 0 Å². The van der Waals surface area contributed by atoms with Crippen molar-refractivity contribution in [3.63, 3.8) is 0 Å². The molecule has 3 aromatic rings. The van der Waals surface area contributed by atoms with Gasteiger partial charge in [0.15, 0.2) is 0 Å². The van der Waals surface area contributed by atoms with Crippen LogP contribution in [0, 0.1) is 0 Å². The maximum atomic E-state index is 11.9. The van der Waals surface area contributed by atoms with Crippen LogP contribution in [0.25, 0.3) is 0 Å². The number of aromatic amines is 1. The molecule has 3 rings (SSSR count). The van der Waals surface area contributed by atoms with E-state index in [1.165, 1.54) is 6.20 Å². The predicted molar refractivity (Wildman–Crippen MR) is 94.8 cm³/mol. The Morgan fingerprint density at radius 2 is 1.67 bits per heavy atom. The average Bonchev–Trinajstić information content (AvgIpc) is 2.63. The smallest absolute Gasteiger partial charge is 0.271 e. The molecule has 0 radical (unpaired) electrons. The molecule has 2 aromatic carbocycles. The van der Waals surface area contributed by atoms with Gasteiger partial charge in [-0.3, -0.25) is 14.4 Å². The molecule has 0 fully saturated rings. The standard InChI is InChI=1S/C18H17N3O3/c1-2-12(11-7-4-3-5-8-11)20-14-15(17(23)16(14)22)21-13-9-6-10-19-18(13)24/h3-10,12,20-21H,2H2,1H3,(H,19,24)/t12-/m1/s1. The van der Waals surface area contributed by atoms with Crippen LogP contribution in [0.3, 0.4) is 0 Å². The van der Waals surface area contributed by atoms with Crippen LogP contribution >= 0.6 is 0 Å². The maximum absolute atomic E-state index is 11.9. The molecular formula is C18H17N3O3. The second-order valence-electron chi connectivity index (χ2n) is 5.46. The molecule has 0 aliphatic heterocycles. The lowest BCUT2D eigenvalue weighted by Gasteiger charge is -2.21. The monoisotopic (exact) mass is 323 g/mol. The molecule has 0 amide bonds. The van der Waals surface area contributed by atoms with Gasteiger partial charge >= 0.3 is 0 Å². The number of H-pyrrole nitrogens is 1. The summed E-state index contributed by atoms with van der Waals surface area (Å²) in [6, 6.07) is 12.8. The molecule has 6 nitrogen and oxygen atoms in total. The molecule has 0 aliphatic rings. The third-order valence-electron chi connectivity index (χ3n) is 3.92. The molecular weight excluding hydrogens is 306 g/mol. The predicted octanol–water partition coefficient (Wildman–Crippen LogP) is 2.28. The summed E-state index contributed by atoms with van der Waals surface area (Å²) in [4.78, 5) is 38.1. The van der Waals surface area contributed by atoms with E-state index >= 15 is 0 Å². The molecule has 1 heterocycles. The molecule has 0 spiro atoms. The number of aromatic nitrogens is 1. The van der Waals surface area contributed by atoms with E-state index in [0.717, 1.165) is 12.0 Å². The van der Waals surface area contributed by atoms with E-state index in [9.17, 15) is 14.4 Å². The number of anilines is 3. The van der Waals surface area contributed by atoms with Crippen LogP contribution in [-0.2, 0) is 0 Å². The lowest BCUT2D eigenvalue weighted by atomic mass is 10.0. The summed E-state index contributed by atoms with van der Waals surface area (Å²) in [7, 11) is 0. The van der Waals surface area contributed by atoms with Crippen molar-refractivity contribution >= 4 is 17.1 Å². The minimum Gasteiger partial charge on any atom is -0.373 e. The summed E-state index contributed by atoms with van der Waals surface area (Å²) in [6.45, 7) is 1.99. The third-order valence-corrected chi connectivity index (χ3v) is 3.92. The van der Waals surface area contributed by atoms with Crippen molar-refractivity contribution in [1.29, 1.82) is 0 Å². The molecule has 0 unspecified atom stereocenters. The zero-order chi connectivity index (χ0) is 17.1. The van der Waals surface area contributed by atoms with Gasteiger partial charge in [0, 0.05) is 6.20 Å². The number of hydrogen-bond acceptors (Lipinski definition) is 5. The number of rotatable bonds is 6. The third kappa shape index (κ3) is 2.86. The van der Waals surface area contributed by atoms with Gasteiger partial charge in [-0.05, 0) is 24.1 Å². The Bertz CT molecular complexity index is 969. The van der Waals surface area contributed by atoms with Gasteiger partial charge in [-0.25, -0.2) is 0 Å². The fraction of sp³-hybridized carbons (Fsp3) is 0.167. The highest BCUT2D eigenvalue weighted by Crippen LogP contribution is 2.26. The summed E-state index contributed by atoms with van der Waals surface area (Å²) < 4.78 is 0. The van der Waals surface area contributed by atoms with Crippen LogP contribution < -0.4 is 27.1 Å². The van der Waals surface area contributed by atoms with Crippen molar-refractivity contribution in [2.75, 3.05) is 10.6 Å². The van der Waals surface area contributed by atoms with E-state index in [4.69, 9.17) is 0 Å². The van der Waals surface area contributed by atoms with Crippen molar-refractivity contribution in [2.24, 2.45) is 0 Å². The second-order valence-corrected chi connectivity index (χ2v) is 5.46. The average molecular weight is 323 g/mol. The summed E-state index contributed by atoms with van der Waals surface area (Å²) in [5, 5.41) is 5.88. The van der Waals surface area contributed by atoms with Crippen LogP contribution in [0.5, 0.6) is 0 Å². The Labute approximate surface area is 137 Å². The summed E-state index contributed by atoms with van der Waals surface area (Å²) in [5.41, 5.74) is 0.0523. The minimum absolute atomic E-state index is 0.0934. The second kappa shape index (κ2) is 6.54. The Kier molecular flexibility index (Phi) is 4.29. The molecule has 6 heteroatoms. The minimum atomic E-state index is -0.622. The maximum Gasteiger partial charge on any atom is 0.271 e. The lowest BCUT2D eigenvalue weighted by molar-refractivity contribution is 0.747. The normalized spacial score (nSPS) is 12.0. The van der Waals surface area contributed by atoms with Crippen molar-refractivity contribution in [3.8, 4) is 0 Å². The Balaban J connectivity index is 1.89. The van der Waals surface area contributed by atoms with E-state index in [2.05, 4.69) is 15.6 Å². The molecule has 24 heavy (non-hydrogen) atoms. The van der Waals surface area contributed by atoms with Gasteiger partial charge in [0.25, 0.3) is 16.4 Å². The highest BCUT2D eigenvalue weighted by molar-refractivity contribution is 5.78. The fourth-order valence-electron chi connectivity index (χ4n) is 2.58. The van der Waals surface area contributed by atoms with Crippen LogP contribution in [0.2, 0.25) is 0 Å². The molecule has 0 saturated carbocycles. The number of benzene rings is 1. The molecule has 0 aliphatic carbocycles. The Morgan fingerprint density at radius 1 is 0.958 bits per heavy atom. The zero-order valence-corrected chi connectivity index (χ0v) is 13.1. The molecule has 0 saturated heterocycles. The molecule has 3 N–H and O–H groups in total. The molecule has 122 valence electrons. The van der Waals surface area contributed by atoms with Crippen molar-refractivity contribution in [3.05, 3.63) is 85.0 Å².